The SMILES string of the molecule is O=C(c1cccc([N+](=O)[O-])c1)N1CCN(c2nc(-c3cccnc3)nc3ccccc23)CC1. The second kappa shape index (κ2) is 8.62. The van der Waals surface area contributed by atoms with Crippen molar-refractivity contribution in [2.75, 3.05) is 31.1 Å². The molecule has 0 aliphatic carbocycles. The molecular weight excluding hydrogens is 420 g/mol. The molecule has 3 heterocycles. The molecule has 4 aromatic rings. The van der Waals surface area contributed by atoms with Crippen LogP contribution >= 0.6 is 0 Å². The van der Waals surface area contributed by atoms with Gasteiger partial charge in [-0.3, -0.25) is 19.9 Å². The van der Waals surface area contributed by atoms with Gasteiger partial charge in [0.2, 0.25) is 0 Å². The molecule has 0 bridgehead atoms. The van der Waals surface area contributed by atoms with Crippen LogP contribution in [-0.2, 0) is 0 Å². The Bertz CT molecular complexity index is 1340. The molecule has 9 heteroatoms. The monoisotopic (exact) mass is 440 g/mol. The highest BCUT2D eigenvalue weighted by Gasteiger charge is 2.25. The number of aromatic nitrogens is 3. The number of nitro benzene ring substituents is 1. The van der Waals surface area contributed by atoms with Crippen LogP contribution in [0, 0.1) is 10.1 Å². The number of carbonyl (C=O) groups excluding carboxylic acids is 1. The maximum absolute atomic E-state index is 12.9. The largest absolute Gasteiger partial charge is 0.352 e. The van der Waals surface area contributed by atoms with Crippen molar-refractivity contribution in [3.63, 3.8) is 0 Å². The Hall–Kier alpha value is -4.40. The Morgan fingerprint density at radius 3 is 2.52 bits per heavy atom. The van der Waals surface area contributed by atoms with Crippen molar-refractivity contribution in [3.05, 3.63) is 88.7 Å². The molecule has 1 aliphatic heterocycles. The third kappa shape index (κ3) is 4.08. The molecule has 33 heavy (non-hydrogen) atoms. The number of fused-ring (bicyclic) bond motifs is 1. The molecule has 1 fully saturated rings. The molecule has 2 aromatic heterocycles. The highest BCUT2D eigenvalue weighted by Crippen LogP contribution is 2.28. The van der Waals surface area contributed by atoms with Gasteiger partial charge in [0.25, 0.3) is 11.6 Å². The van der Waals surface area contributed by atoms with Crippen LogP contribution in [0.25, 0.3) is 22.3 Å². The highest BCUT2D eigenvalue weighted by molar-refractivity contribution is 5.95. The first-order valence-corrected chi connectivity index (χ1v) is 10.6. The molecule has 5 rings (SSSR count). The van der Waals surface area contributed by atoms with Crippen LogP contribution in [0.4, 0.5) is 11.5 Å². The van der Waals surface area contributed by atoms with E-state index in [1.807, 2.05) is 36.4 Å². The zero-order chi connectivity index (χ0) is 22.8. The number of hydrogen-bond acceptors (Lipinski definition) is 7. The lowest BCUT2D eigenvalue weighted by Gasteiger charge is -2.36. The van der Waals surface area contributed by atoms with Crippen molar-refractivity contribution in [2.45, 2.75) is 0 Å². The molecule has 2 aromatic carbocycles. The van der Waals surface area contributed by atoms with E-state index in [4.69, 9.17) is 9.97 Å². The normalized spacial score (nSPS) is 13.8. The predicted molar refractivity (Wildman–Crippen MR) is 124 cm³/mol. The van der Waals surface area contributed by atoms with Crippen LogP contribution in [0.3, 0.4) is 0 Å². The number of hydrogen-bond donors (Lipinski definition) is 0. The quantitative estimate of drug-likeness (QED) is 0.353. The Balaban J connectivity index is 1.40. The van der Waals surface area contributed by atoms with Crippen LogP contribution in [0.15, 0.2) is 73.1 Å². The number of amides is 1. The molecule has 9 nitrogen and oxygen atoms in total. The van der Waals surface area contributed by atoms with E-state index in [1.165, 1.54) is 18.2 Å². The van der Waals surface area contributed by atoms with Crippen molar-refractivity contribution in [2.24, 2.45) is 0 Å². The number of carbonyl (C=O) groups is 1. The lowest BCUT2D eigenvalue weighted by molar-refractivity contribution is -0.384. The summed E-state index contributed by atoms with van der Waals surface area (Å²) in [5.41, 5.74) is 1.92. The molecule has 164 valence electrons. The van der Waals surface area contributed by atoms with Crippen LogP contribution in [0.1, 0.15) is 10.4 Å². The van der Waals surface area contributed by atoms with Crippen molar-refractivity contribution in [3.8, 4) is 11.4 Å². The number of non-ortho nitro benzene ring substituents is 1. The standard InChI is InChI=1S/C24H20N6O3/c31-24(17-5-3-7-19(15-17)30(32)33)29-13-11-28(12-14-29)23-20-8-1-2-9-21(20)26-22(27-23)18-6-4-10-25-16-18/h1-10,15-16H,11-14H2. The minimum atomic E-state index is -0.491. The van der Waals surface area contributed by atoms with E-state index in [1.54, 1.807) is 23.4 Å². The molecule has 0 atom stereocenters. The number of nitrogens with zero attached hydrogens (tertiary/aromatic N) is 6. The van der Waals surface area contributed by atoms with Crippen LogP contribution in [-0.4, -0.2) is 56.9 Å². The fourth-order valence-corrected chi connectivity index (χ4v) is 3.98. The van der Waals surface area contributed by atoms with Crippen molar-refractivity contribution in [1.29, 1.82) is 0 Å². The fraction of sp³-hybridized carbons (Fsp3) is 0.167. The van der Waals surface area contributed by atoms with Gasteiger partial charge in [-0.1, -0.05) is 18.2 Å². The summed E-state index contributed by atoms with van der Waals surface area (Å²) in [6, 6.07) is 17.5. The summed E-state index contributed by atoms with van der Waals surface area (Å²) in [5.74, 6) is 1.22. The second-order valence-corrected chi connectivity index (χ2v) is 7.72. The van der Waals surface area contributed by atoms with E-state index >= 15 is 0 Å². The lowest BCUT2D eigenvalue weighted by atomic mass is 10.1. The average Bonchev–Trinajstić information content (AvgIpc) is 2.88. The summed E-state index contributed by atoms with van der Waals surface area (Å²) in [5, 5.41) is 12.0. The van der Waals surface area contributed by atoms with E-state index in [2.05, 4.69) is 9.88 Å². The summed E-state index contributed by atoms with van der Waals surface area (Å²) in [7, 11) is 0. The van der Waals surface area contributed by atoms with Gasteiger partial charge in [-0.25, -0.2) is 9.97 Å². The number of rotatable bonds is 4. The first-order chi connectivity index (χ1) is 16.1. The summed E-state index contributed by atoms with van der Waals surface area (Å²) in [6.45, 7) is 2.16. The topological polar surface area (TPSA) is 105 Å². The second-order valence-electron chi connectivity index (χ2n) is 7.72. The minimum absolute atomic E-state index is 0.0881. The van der Waals surface area contributed by atoms with Gasteiger partial charge in [-0.05, 0) is 30.3 Å². The maximum atomic E-state index is 12.9. The third-order valence-electron chi connectivity index (χ3n) is 5.67. The zero-order valence-corrected chi connectivity index (χ0v) is 17.7. The molecule has 1 saturated heterocycles. The van der Waals surface area contributed by atoms with Crippen LogP contribution in [0.5, 0.6) is 0 Å². The first kappa shape index (κ1) is 20.5. The van der Waals surface area contributed by atoms with Gasteiger partial charge in [0.05, 0.1) is 10.4 Å². The van der Waals surface area contributed by atoms with Gasteiger partial charge in [-0.15, -0.1) is 0 Å². The fourth-order valence-electron chi connectivity index (χ4n) is 3.98. The Morgan fingerprint density at radius 2 is 1.76 bits per heavy atom. The number of anilines is 1. The molecule has 0 unspecified atom stereocenters. The Kier molecular flexibility index (Phi) is 5.35. The Labute approximate surface area is 189 Å². The van der Waals surface area contributed by atoms with Crippen molar-refractivity contribution in [1.82, 2.24) is 19.9 Å². The summed E-state index contributed by atoms with van der Waals surface area (Å²) >= 11 is 0. The lowest BCUT2D eigenvalue weighted by Crippen LogP contribution is -2.49. The number of benzene rings is 2. The molecule has 1 amide bonds. The number of nitro groups is 1. The number of piperazine rings is 1. The van der Waals surface area contributed by atoms with Crippen molar-refractivity contribution >= 4 is 28.3 Å². The molecular formula is C24H20N6O3. The highest BCUT2D eigenvalue weighted by atomic mass is 16.6. The summed E-state index contributed by atoms with van der Waals surface area (Å²) in [6.07, 6.45) is 3.45. The molecule has 1 aliphatic rings. The number of para-hydroxylation sites is 1. The maximum Gasteiger partial charge on any atom is 0.270 e. The van der Waals surface area contributed by atoms with E-state index in [0.29, 0.717) is 37.6 Å². The van der Waals surface area contributed by atoms with Gasteiger partial charge in [0, 0.05) is 67.2 Å². The third-order valence-corrected chi connectivity index (χ3v) is 5.67. The number of pyridine rings is 1. The van der Waals surface area contributed by atoms with Crippen LogP contribution < -0.4 is 4.90 Å². The predicted octanol–water partition coefficient (Wildman–Crippen LogP) is 3.56. The molecule has 0 radical (unpaired) electrons. The summed E-state index contributed by atoms with van der Waals surface area (Å²) in [4.78, 5) is 41.1. The molecule has 0 saturated carbocycles. The van der Waals surface area contributed by atoms with E-state index in [9.17, 15) is 14.9 Å². The van der Waals surface area contributed by atoms with E-state index < -0.39 is 4.92 Å². The smallest absolute Gasteiger partial charge is 0.270 e. The van der Waals surface area contributed by atoms with Gasteiger partial charge < -0.3 is 9.80 Å². The summed E-state index contributed by atoms with van der Waals surface area (Å²) < 4.78 is 0. The average molecular weight is 440 g/mol. The first-order valence-electron chi connectivity index (χ1n) is 10.6. The molecule has 0 N–H and O–H groups in total. The minimum Gasteiger partial charge on any atom is -0.352 e. The van der Waals surface area contributed by atoms with Gasteiger partial charge in [0.15, 0.2) is 5.82 Å². The zero-order valence-electron chi connectivity index (χ0n) is 17.7. The molecule has 0 spiro atoms. The van der Waals surface area contributed by atoms with Gasteiger partial charge in [-0.2, -0.15) is 0 Å². The van der Waals surface area contributed by atoms with Gasteiger partial charge >= 0.3 is 0 Å². The van der Waals surface area contributed by atoms with Crippen molar-refractivity contribution < 1.29 is 9.72 Å². The van der Waals surface area contributed by atoms with Crippen LogP contribution in [0.2, 0.25) is 0 Å². The van der Waals surface area contributed by atoms with Gasteiger partial charge in [0.1, 0.15) is 5.82 Å². The Morgan fingerprint density at radius 1 is 0.939 bits per heavy atom. The van der Waals surface area contributed by atoms with E-state index in [0.717, 1.165) is 22.3 Å². The van der Waals surface area contributed by atoms with E-state index in [-0.39, 0.29) is 11.6 Å².